The molecule has 2 nitrogen and oxygen atoms in total. The molecule has 3 heteroatoms. The Morgan fingerprint density at radius 1 is 1.70 bits per heavy atom. The van der Waals surface area contributed by atoms with E-state index in [0.717, 1.165) is 12.1 Å². The zero-order chi connectivity index (χ0) is 7.56. The molecule has 0 fully saturated rings. The van der Waals surface area contributed by atoms with Gasteiger partial charge in [0.2, 0.25) is 5.11 Å². The summed E-state index contributed by atoms with van der Waals surface area (Å²) in [6.45, 7) is 4.25. The molecule has 0 bridgehead atoms. The van der Waals surface area contributed by atoms with Crippen LogP contribution in [0.15, 0.2) is 9.98 Å². The highest BCUT2D eigenvalue weighted by Gasteiger charge is 2.10. The number of thiocarbonyl (C=S) groups is 1. The van der Waals surface area contributed by atoms with Gasteiger partial charge in [0.05, 0.1) is 11.9 Å². The molecule has 0 aromatic rings. The van der Waals surface area contributed by atoms with E-state index in [1.54, 1.807) is 6.21 Å². The van der Waals surface area contributed by atoms with Crippen LogP contribution in [0.3, 0.4) is 0 Å². The fourth-order valence-corrected chi connectivity index (χ4v) is 0.894. The Balaban J connectivity index is 2.67. The van der Waals surface area contributed by atoms with E-state index in [0.29, 0.717) is 11.0 Å². The molecule has 0 aromatic carbocycles. The Kier molecular flexibility index (Phi) is 2.27. The van der Waals surface area contributed by atoms with E-state index in [9.17, 15) is 0 Å². The molecule has 0 aliphatic carbocycles. The van der Waals surface area contributed by atoms with Gasteiger partial charge in [0.25, 0.3) is 0 Å². The summed E-state index contributed by atoms with van der Waals surface area (Å²) in [4.78, 5) is 7.97. The maximum atomic E-state index is 4.78. The van der Waals surface area contributed by atoms with Gasteiger partial charge in [-0.1, -0.05) is 13.8 Å². The standard InChI is InChI=1S/C7H10N2S/c1-3-5(2)6-4-8-7(10)9-6/h4-5H,3H2,1-2H3/t5-/m0/s1. The van der Waals surface area contributed by atoms with Gasteiger partial charge in [0.1, 0.15) is 0 Å². The van der Waals surface area contributed by atoms with Crippen molar-refractivity contribution in [1.29, 1.82) is 0 Å². The molecule has 54 valence electrons. The second-order valence-electron chi connectivity index (χ2n) is 2.39. The summed E-state index contributed by atoms with van der Waals surface area (Å²) in [5.41, 5.74) is 1.02. The van der Waals surface area contributed by atoms with Crippen LogP contribution in [-0.4, -0.2) is 17.0 Å². The first-order chi connectivity index (χ1) is 4.74. The first kappa shape index (κ1) is 7.54. The minimum Gasteiger partial charge on any atom is -0.225 e. The topological polar surface area (TPSA) is 24.7 Å². The highest BCUT2D eigenvalue weighted by atomic mass is 32.1. The molecule has 1 aliphatic rings. The number of nitrogens with zero attached hydrogens (tertiary/aromatic N) is 2. The second-order valence-corrected chi connectivity index (χ2v) is 2.75. The lowest BCUT2D eigenvalue weighted by molar-refractivity contribution is 0.749. The van der Waals surface area contributed by atoms with Crippen molar-refractivity contribution in [3.05, 3.63) is 0 Å². The van der Waals surface area contributed by atoms with Crippen molar-refractivity contribution < 1.29 is 0 Å². The molecule has 0 amide bonds. The Hall–Kier alpha value is -0.570. The maximum absolute atomic E-state index is 4.78. The van der Waals surface area contributed by atoms with E-state index in [1.807, 2.05) is 0 Å². The van der Waals surface area contributed by atoms with Crippen LogP contribution in [0.1, 0.15) is 20.3 Å². The zero-order valence-corrected chi connectivity index (χ0v) is 6.98. The molecule has 0 spiro atoms. The number of rotatable bonds is 2. The predicted octanol–water partition coefficient (Wildman–Crippen LogP) is 1.84. The lowest BCUT2D eigenvalue weighted by atomic mass is 10.0. The second kappa shape index (κ2) is 3.01. The molecule has 1 atom stereocenters. The smallest absolute Gasteiger partial charge is 0.219 e. The third-order valence-corrected chi connectivity index (χ3v) is 1.85. The predicted molar refractivity (Wildman–Crippen MR) is 48.0 cm³/mol. The zero-order valence-electron chi connectivity index (χ0n) is 6.16. The largest absolute Gasteiger partial charge is 0.225 e. The van der Waals surface area contributed by atoms with Crippen LogP contribution < -0.4 is 0 Å². The lowest BCUT2D eigenvalue weighted by Gasteiger charge is -2.02. The molecule has 0 aromatic heterocycles. The van der Waals surface area contributed by atoms with E-state index in [4.69, 9.17) is 12.2 Å². The van der Waals surface area contributed by atoms with Crippen LogP contribution in [-0.2, 0) is 0 Å². The van der Waals surface area contributed by atoms with Crippen LogP contribution in [0.2, 0.25) is 0 Å². The summed E-state index contributed by atoms with van der Waals surface area (Å²) in [5.74, 6) is 0.490. The Morgan fingerprint density at radius 3 is 2.80 bits per heavy atom. The van der Waals surface area contributed by atoms with Gasteiger partial charge < -0.3 is 0 Å². The van der Waals surface area contributed by atoms with Gasteiger partial charge in [-0.05, 0) is 24.6 Å². The van der Waals surface area contributed by atoms with E-state index in [2.05, 4.69) is 23.8 Å². The molecule has 0 unspecified atom stereocenters. The molecule has 1 rings (SSSR count). The molecule has 0 N–H and O–H groups in total. The van der Waals surface area contributed by atoms with E-state index in [1.165, 1.54) is 0 Å². The first-order valence-electron chi connectivity index (χ1n) is 3.40. The Morgan fingerprint density at radius 2 is 2.40 bits per heavy atom. The summed E-state index contributed by atoms with van der Waals surface area (Å²) in [6, 6.07) is 0. The summed E-state index contributed by atoms with van der Waals surface area (Å²) >= 11 is 4.78. The molecular weight excluding hydrogens is 144 g/mol. The van der Waals surface area contributed by atoms with Crippen molar-refractivity contribution in [2.75, 3.05) is 0 Å². The van der Waals surface area contributed by atoms with Crippen LogP contribution in [0, 0.1) is 5.92 Å². The highest BCUT2D eigenvalue weighted by molar-refractivity contribution is 7.80. The number of aliphatic imine (C=N–C) groups is 2. The van der Waals surface area contributed by atoms with Crippen molar-refractivity contribution >= 4 is 29.3 Å². The van der Waals surface area contributed by atoms with E-state index in [-0.39, 0.29) is 0 Å². The normalized spacial score (nSPS) is 19.4. The molecule has 0 saturated heterocycles. The van der Waals surface area contributed by atoms with Gasteiger partial charge in [-0.15, -0.1) is 0 Å². The minimum absolute atomic E-state index is 0.468. The minimum atomic E-state index is 0.468. The third kappa shape index (κ3) is 1.48. The fraction of sp³-hybridized carbons (Fsp3) is 0.571. The summed E-state index contributed by atoms with van der Waals surface area (Å²) in [7, 11) is 0. The van der Waals surface area contributed by atoms with Crippen molar-refractivity contribution in [3.8, 4) is 0 Å². The SMILES string of the molecule is CC[C@H](C)C1=NC(=S)N=C1. The van der Waals surface area contributed by atoms with Gasteiger partial charge in [0, 0.05) is 0 Å². The number of hydrogen-bond acceptors (Lipinski definition) is 1. The van der Waals surface area contributed by atoms with Crippen molar-refractivity contribution in [2.45, 2.75) is 20.3 Å². The Labute approximate surface area is 66.1 Å². The molecule has 1 heterocycles. The first-order valence-corrected chi connectivity index (χ1v) is 3.81. The monoisotopic (exact) mass is 154 g/mol. The van der Waals surface area contributed by atoms with Gasteiger partial charge in [-0.25, -0.2) is 9.98 Å². The quantitative estimate of drug-likeness (QED) is 0.557. The van der Waals surface area contributed by atoms with Crippen molar-refractivity contribution in [2.24, 2.45) is 15.9 Å². The van der Waals surface area contributed by atoms with Crippen molar-refractivity contribution in [1.82, 2.24) is 0 Å². The van der Waals surface area contributed by atoms with Crippen LogP contribution >= 0.6 is 12.2 Å². The Bertz CT molecular complexity index is 206. The molecule has 10 heavy (non-hydrogen) atoms. The molecule has 0 saturated carbocycles. The van der Waals surface area contributed by atoms with Crippen molar-refractivity contribution in [3.63, 3.8) is 0 Å². The van der Waals surface area contributed by atoms with Gasteiger partial charge in [-0.3, -0.25) is 0 Å². The highest BCUT2D eigenvalue weighted by Crippen LogP contribution is 2.07. The van der Waals surface area contributed by atoms with Crippen LogP contribution in [0.5, 0.6) is 0 Å². The lowest BCUT2D eigenvalue weighted by Crippen LogP contribution is -2.08. The summed E-state index contributed by atoms with van der Waals surface area (Å²) in [5, 5.41) is 0.468. The van der Waals surface area contributed by atoms with Gasteiger partial charge in [-0.2, -0.15) is 0 Å². The molecule has 0 radical (unpaired) electrons. The third-order valence-electron chi connectivity index (χ3n) is 1.65. The average Bonchev–Trinajstić information content (AvgIpc) is 2.34. The van der Waals surface area contributed by atoms with Gasteiger partial charge in [0.15, 0.2) is 0 Å². The fourth-order valence-electron chi connectivity index (χ4n) is 0.736. The molecule has 1 aliphatic heterocycles. The average molecular weight is 154 g/mol. The van der Waals surface area contributed by atoms with E-state index >= 15 is 0 Å². The molecular formula is C7H10N2S. The van der Waals surface area contributed by atoms with E-state index < -0.39 is 0 Å². The summed E-state index contributed by atoms with van der Waals surface area (Å²) < 4.78 is 0. The van der Waals surface area contributed by atoms with Gasteiger partial charge >= 0.3 is 0 Å². The summed E-state index contributed by atoms with van der Waals surface area (Å²) in [6.07, 6.45) is 2.85. The maximum Gasteiger partial charge on any atom is 0.219 e. The number of hydrogen-bond donors (Lipinski definition) is 0. The van der Waals surface area contributed by atoms with Crippen LogP contribution in [0.4, 0.5) is 0 Å². The van der Waals surface area contributed by atoms with Crippen LogP contribution in [0.25, 0.3) is 0 Å².